The predicted octanol–water partition coefficient (Wildman–Crippen LogP) is 4.93. The van der Waals surface area contributed by atoms with E-state index in [0.717, 1.165) is 63.0 Å². The lowest BCUT2D eigenvalue weighted by atomic mass is 9.96. The number of aryl methyl sites for hydroxylation is 2. The van der Waals surface area contributed by atoms with E-state index in [0.29, 0.717) is 40.6 Å². The van der Waals surface area contributed by atoms with Crippen LogP contribution in [0.4, 0.5) is 11.5 Å². The Kier molecular flexibility index (Phi) is 8.26. The monoisotopic (exact) mass is 665 g/mol. The topological polar surface area (TPSA) is 132 Å². The van der Waals surface area contributed by atoms with Crippen LogP contribution in [0.2, 0.25) is 5.02 Å². The van der Waals surface area contributed by atoms with E-state index >= 15 is 0 Å². The largest absolute Gasteiger partial charge is 0.481 e. The highest BCUT2D eigenvalue weighted by Crippen LogP contribution is 2.43. The number of nitrogens with zero attached hydrogens (tertiary/aromatic N) is 4. The van der Waals surface area contributed by atoms with Crippen LogP contribution in [0.1, 0.15) is 42.0 Å². The van der Waals surface area contributed by atoms with Crippen LogP contribution in [0, 0.1) is 6.92 Å². The first-order chi connectivity index (χ1) is 23.2. The third-order valence-corrected chi connectivity index (χ3v) is 9.99. The molecule has 2 aromatic carbocycles. The summed E-state index contributed by atoms with van der Waals surface area (Å²) >= 11 is 7.18. The molecule has 4 heterocycles. The number of anilines is 2. The molecule has 246 valence electrons. The summed E-state index contributed by atoms with van der Waals surface area (Å²) in [6.07, 6.45) is 4.79. The molecule has 12 heteroatoms. The molecule has 0 saturated carbocycles. The van der Waals surface area contributed by atoms with Gasteiger partial charge in [0.25, 0.3) is 5.56 Å². The van der Waals surface area contributed by atoms with Gasteiger partial charge in [-0.3, -0.25) is 18.7 Å². The Morgan fingerprint density at radius 2 is 1.77 bits per heavy atom. The first-order valence-electron chi connectivity index (χ1n) is 16.0. The van der Waals surface area contributed by atoms with Crippen LogP contribution in [0.5, 0.6) is 5.88 Å². The van der Waals surface area contributed by atoms with E-state index < -0.39 is 11.2 Å². The van der Waals surface area contributed by atoms with Crippen LogP contribution >= 0.6 is 11.6 Å². The third-order valence-electron chi connectivity index (χ3n) is 9.58. The summed E-state index contributed by atoms with van der Waals surface area (Å²) in [5.74, 6) is 1.04. The van der Waals surface area contributed by atoms with Crippen molar-refractivity contribution in [2.75, 3.05) is 19.0 Å². The molecule has 1 amide bonds. The maximum absolute atomic E-state index is 13.2. The summed E-state index contributed by atoms with van der Waals surface area (Å²) in [4.78, 5) is 46.7. The van der Waals surface area contributed by atoms with Gasteiger partial charge in [-0.15, -0.1) is 0 Å². The van der Waals surface area contributed by atoms with E-state index in [1.165, 1.54) is 17.2 Å². The third kappa shape index (κ3) is 5.42. The number of aromatic nitrogens is 4. The molecule has 5 aromatic rings. The first kappa shape index (κ1) is 31.6. The molecule has 1 aliphatic heterocycles. The van der Waals surface area contributed by atoms with E-state index in [1.807, 2.05) is 43.3 Å². The summed E-state index contributed by atoms with van der Waals surface area (Å²) in [5, 5.41) is 10.9. The number of amides is 1. The molecule has 48 heavy (non-hydrogen) atoms. The fourth-order valence-corrected chi connectivity index (χ4v) is 7.29. The van der Waals surface area contributed by atoms with E-state index in [1.54, 1.807) is 26.4 Å². The molecular formula is C36H36ClN7O4. The second-order valence-corrected chi connectivity index (χ2v) is 12.8. The number of pyridine rings is 2. The van der Waals surface area contributed by atoms with Gasteiger partial charge in [-0.1, -0.05) is 41.9 Å². The van der Waals surface area contributed by atoms with Crippen LogP contribution in [-0.4, -0.2) is 44.7 Å². The predicted molar refractivity (Wildman–Crippen MR) is 187 cm³/mol. The second kappa shape index (κ2) is 12.6. The highest BCUT2D eigenvalue weighted by Gasteiger charge is 2.30. The molecular weight excluding hydrogens is 630 g/mol. The standard InChI is InChI=1S/C36H36ClN7O4/c1-19-22(7-6-10-25(19)41-33-31-28(15-16-38-33)43(2)36(47)44(3)35(31)46)23-8-5-9-24(32(23)37)27-17-20-11-13-26(30(20)34(42-27)48-4)39-18-21-12-14-29(45)40-21/h5-10,15-17,21,26,39H,11-14,18H2,1-4H3,(H,38,41)(H,40,45)/t21-,26-/m0/s1. The summed E-state index contributed by atoms with van der Waals surface area (Å²) < 4.78 is 8.35. The molecule has 2 atom stereocenters. The van der Waals surface area contributed by atoms with Crippen LogP contribution < -0.4 is 31.9 Å². The van der Waals surface area contributed by atoms with Crippen molar-refractivity contribution < 1.29 is 9.53 Å². The van der Waals surface area contributed by atoms with Gasteiger partial charge in [0, 0.05) is 67.7 Å². The molecule has 1 fully saturated rings. The van der Waals surface area contributed by atoms with Crippen molar-refractivity contribution in [3.05, 3.63) is 97.3 Å². The van der Waals surface area contributed by atoms with Gasteiger partial charge < -0.3 is 20.7 Å². The molecule has 1 saturated heterocycles. The number of rotatable bonds is 8. The SMILES string of the molecule is COc1nc(-c2cccc(-c3cccc(Nc4nccc5c4c(=O)n(C)c(=O)n5C)c3C)c2Cl)cc2c1[C@@H](NC[C@@H]1CCC(=O)N1)CC2. The van der Waals surface area contributed by atoms with Gasteiger partial charge in [-0.2, -0.15) is 0 Å². The number of carbonyl (C=O) groups is 1. The van der Waals surface area contributed by atoms with Crippen molar-refractivity contribution in [2.45, 2.75) is 44.7 Å². The molecule has 0 unspecified atom stereocenters. The number of nitrogens with one attached hydrogen (secondary N) is 3. The average Bonchev–Trinajstić information content (AvgIpc) is 3.71. The van der Waals surface area contributed by atoms with E-state index in [4.69, 9.17) is 21.3 Å². The number of carbonyl (C=O) groups excluding carboxylic acids is 1. The van der Waals surface area contributed by atoms with Gasteiger partial charge in [0.2, 0.25) is 11.8 Å². The molecule has 0 spiro atoms. The van der Waals surface area contributed by atoms with Gasteiger partial charge in [0.05, 0.1) is 23.3 Å². The quantitative estimate of drug-likeness (QED) is 0.213. The Bertz CT molecular complexity index is 2230. The normalized spacial score (nSPS) is 17.1. The number of benzene rings is 2. The summed E-state index contributed by atoms with van der Waals surface area (Å²) in [7, 11) is 4.73. The smallest absolute Gasteiger partial charge is 0.330 e. The molecule has 3 N–H and O–H groups in total. The van der Waals surface area contributed by atoms with Crippen LogP contribution in [0.3, 0.4) is 0 Å². The van der Waals surface area contributed by atoms with Gasteiger partial charge in [-0.25, -0.2) is 14.8 Å². The number of hydrogen-bond donors (Lipinski definition) is 3. The fourth-order valence-electron chi connectivity index (χ4n) is 6.97. The van der Waals surface area contributed by atoms with Gasteiger partial charge in [-0.05, 0) is 61.1 Å². The lowest BCUT2D eigenvalue weighted by Gasteiger charge is -2.20. The lowest BCUT2D eigenvalue weighted by Crippen LogP contribution is -2.37. The van der Waals surface area contributed by atoms with Crippen molar-refractivity contribution in [1.82, 2.24) is 29.7 Å². The average molecular weight is 666 g/mol. The Morgan fingerprint density at radius 3 is 2.54 bits per heavy atom. The van der Waals surface area contributed by atoms with Crippen molar-refractivity contribution in [3.63, 3.8) is 0 Å². The molecule has 2 aliphatic rings. The number of fused-ring (bicyclic) bond motifs is 2. The number of halogens is 1. The van der Waals surface area contributed by atoms with Crippen LogP contribution in [-0.2, 0) is 25.3 Å². The van der Waals surface area contributed by atoms with Crippen molar-refractivity contribution in [3.8, 4) is 28.3 Å². The van der Waals surface area contributed by atoms with Gasteiger partial charge in [0.15, 0.2) is 0 Å². The fraction of sp³-hybridized carbons (Fsp3) is 0.306. The van der Waals surface area contributed by atoms with Crippen LogP contribution in [0.15, 0.2) is 64.3 Å². The minimum atomic E-state index is -0.421. The minimum absolute atomic E-state index is 0.0926. The zero-order valence-corrected chi connectivity index (χ0v) is 27.9. The summed E-state index contributed by atoms with van der Waals surface area (Å²) in [6.45, 7) is 2.69. The van der Waals surface area contributed by atoms with Crippen molar-refractivity contribution >= 4 is 39.9 Å². The van der Waals surface area contributed by atoms with Gasteiger partial charge >= 0.3 is 5.69 Å². The van der Waals surface area contributed by atoms with Crippen molar-refractivity contribution in [1.29, 1.82) is 0 Å². The maximum Gasteiger partial charge on any atom is 0.330 e. The van der Waals surface area contributed by atoms with E-state index in [2.05, 4.69) is 27.0 Å². The Morgan fingerprint density at radius 1 is 1.00 bits per heavy atom. The van der Waals surface area contributed by atoms with Crippen LogP contribution in [0.25, 0.3) is 33.3 Å². The molecule has 0 radical (unpaired) electrons. The number of ether oxygens (including phenoxy) is 1. The lowest BCUT2D eigenvalue weighted by molar-refractivity contribution is -0.119. The Balaban J connectivity index is 1.22. The zero-order chi connectivity index (χ0) is 33.7. The summed E-state index contributed by atoms with van der Waals surface area (Å²) in [5.41, 5.74) is 6.81. The molecule has 11 nitrogen and oxygen atoms in total. The van der Waals surface area contributed by atoms with Gasteiger partial charge in [0.1, 0.15) is 11.2 Å². The van der Waals surface area contributed by atoms with E-state index in [-0.39, 0.29) is 18.0 Å². The minimum Gasteiger partial charge on any atom is -0.481 e. The highest BCUT2D eigenvalue weighted by atomic mass is 35.5. The Hall–Kier alpha value is -5.00. The maximum atomic E-state index is 13.2. The second-order valence-electron chi connectivity index (χ2n) is 12.4. The number of methoxy groups -OCH3 is 1. The Labute approximate surface area is 282 Å². The molecule has 1 aliphatic carbocycles. The zero-order valence-electron chi connectivity index (χ0n) is 27.2. The van der Waals surface area contributed by atoms with Crippen molar-refractivity contribution in [2.24, 2.45) is 14.1 Å². The van der Waals surface area contributed by atoms with E-state index in [9.17, 15) is 14.4 Å². The highest BCUT2D eigenvalue weighted by molar-refractivity contribution is 6.36. The summed E-state index contributed by atoms with van der Waals surface area (Å²) in [6, 6.07) is 15.8. The molecule has 7 rings (SSSR count). The molecule has 0 bridgehead atoms. The first-order valence-corrected chi connectivity index (χ1v) is 16.3. The molecule has 3 aromatic heterocycles. The number of hydrogen-bond acceptors (Lipinski definition) is 8.